The average Bonchev–Trinajstić information content (AvgIpc) is 2.62. The second-order valence-electron chi connectivity index (χ2n) is 6.74. The van der Waals surface area contributed by atoms with Crippen LogP contribution in [-0.2, 0) is 9.48 Å². The number of nitrogens with two attached hydrogens (primary N) is 1. The molecule has 2 aromatic heterocycles. The van der Waals surface area contributed by atoms with Gasteiger partial charge in [-0.1, -0.05) is 0 Å². The molecule has 1 atom stereocenters. The van der Waals surface area contributed by atoms with Crippen LogP contribution >= 0.6 is 11.8 Å². The van der Waals surface area contributed by atoms with E-state index in [-0.39, 0.29) is 10.8 Å². The topological polar surface area (TPSA) is 77.2 Å². The number of hydrogen-bond acceptors (Lipinski definition) is 7. The highest BCUT2D eigenvalue weighted by Gasteiger charge is 2.26. The molecule has 2 aromatic rings. The van der Waals surface area contributed by atoms with E-state index in [1.165, 1.54) is 0 Å². The highest BCUT2D eigenvalue weighted by molar-refractivity contribution is 7.99. The molecule has 0 radical (unpaired) electrons. The lowest BCUT2D eigenvalue weighted by Gasteiger charge is -2.35. The average molecular weight is 359 g/mol. The molecule has 0 spiro atoms. The number of morpholine rings is 1. The Balaban J connectivity index is 2.09. The molecule has 0 saturated carbocycles. The van der Waals surface area contributed by atoms with Gasteiger partial charge in [0.2, 0.25) is 0 Å². The molecule has 0 aromatic carbocycles. The summed E-state index contributed by atoms with van der Waals surface area (Å²) in [5.74, 6) is 2.11. The minimum Gasteiger partial charge on any atom is -0.384 e. The Morgan fingerprint density at radius 1 is 1.32 bits per heavy atom. The van der Waals surface area contributed by atoms with Gasteiger partial charge in [-0.15, -0.1) is 0 Å². The molecule has 0 amide bonds. The van der Waals surface area contributed by atoms with Gasteiger partial charge in [0.15, 0.2) is 5.82 Å². The molecular weight excluding hydrogens is 334 g/mol. The Labute approximate surface area is 153 Å². The summed E-state index contributed by atoms with van der Waals surface area (Å²) in [4.78, 5) is 16.1. The molecule has 1 aliphatic rings. The molecule has 1 aliphatic heterocycles. The zero-order chi connectivity index (χ0) is 18.0. The molecule has 1 saturated heterocycles. The lowest BCUT2D eigenvalue weighted by Crippen LogP contribution is -2.44. The van der Waals surface area contributed by atoms with Crippen molar-refractivity contribution in [1.29, 1.82) is 0 Å². The third kappa shape index (κ3) is 3.88. The molecule has 134 valence electrons. The van der Waals surface area contributed by atoms with Crippen molar-refractivity contribution in [2.75, 3.05) is 36.6 Å². The van der Waals surface area contributed by atoms with Gasteiger partial charge < -0.3 is 15.4 Å². The maximum absolute atomic E-state index is 5.71. The maximum Gasteiger partial charge on any atom is 0.163 e. The van der Waals surface area contributed by atoms with E-state index in [0.717, 1.165) is 23.6 Å². The summed E-state index contributed by atoms with van der Waals surface area (Å²) in [5.41, 5.74) is 7.59. The van der Waals surface area contributed by atoms with Gasteiger partial charge in [-0.05, 0) is 39.2 Å². The summed E-state index contributed by atoms with van der Waals surface area (Å²) in [6.07, 6.45) is 3.83. The molecule has 1 fully saturated rings. The van der Waals surface area contributed by atoms with Crippen LogP contribution in [0, 0.1) is 0 Å². The first-order valence-corrected chi connectivity index (χ1v) is 9.64. The second kappa shape index (κ2) is 7.17. The lowest BCUT2D eigenvalue weighted by molar-refractivity contribution is 0.0985. The largest absolute Gasteiger partial charge is 0.384 e. The van der Waals surface area contributed by atoms with Gasteiger partial charge in [0.1, 0.15) is 11.6 Å². The molecule has 3 rings (SSSR count). The highest BCUT2D eigenvalue weighted by atomic mass is 32.2. The van der Waals surface area contributed by atoms with Crippen molar-refractivity contribution in [2.45, 2.75) is 31.6 Å². The molecule has 6 nitrogen and oxygen atoms in total. The smallest absolute Gasteiger partial charge is 0.163 e. The van der Waals surface area contributed by atoms with Gasteiger partial charge in [-0.2, -0.15) is 11.8 Å². The van der Waals surface area contributed by atoms with Crippen molar-refractivity contribution in [3.63, 3.8) is 0 Å². The molecule has 7 heteroatoms. The number of hydrogen-bond donors (Lipinski definition) is 1. The molecule has 0 bridgehead atoms. The SMILES string of the molecule is CSC(C)(C)c1cc(N2CCOC[C@@H]2C)nc(-c2ccc(N)nc2)n1. The van der Waals surface area contributed by atoms with Crippen LogP contribution in [0.4, 0.5) is 11.6 Å². The second-order valence-corrected chi connectivity index (χ2v) is 8.17. The molecular formula is C18H25N5OS. The van der Waals surface area contributed by atoms with Crippen LogP contribution < -0.4 is 10.6 Å². The lowest BCUT2D eigenvalue weighted by atomic mass is 10.1. The molecule has 0 unspecified atom stereocenters. The Kier molecular flexibility index (Phi) is 5.15. The summed E-state index contributed by atoms with van der Waals surface area (Å²) < 4.78 is 5.46. The quantitative estimate of drug-likeness (QED) is 0.899. The number of rotatable bonds is 4. The highest BCUT2D eigenvalue weighted by Crippen LogP contribution is 2.35. The fourth-order valence-electron chi connectivity index (χ4n) is 2.73. The van der Waals surface area contributed by atoms with Gasteiger partial charge >= 0.3 is 0 Å². The van der Waals surface area contributed by atoms with E-state index in [9.17, 15) is 0 Å². The monoisotopic (exact) mass is 359 g/mol. The maximum atomic E-state index is 5.71. The van der Waals surface area contributed by atoms with Crippen molar-refractivity contribution in [2.24, 2.45) is 0 Å². The van der Waals surface area contributed by atoms with Crippen LogP contribution in [0.15, 0.2) is 24.4 Å². The van der Waals surface area contributed by atoms with E-state index in [1.54, 1.807) is 24.0 Å². The summed E-state index contributed by atoms with van der Waals surface area (Å²) in [5, 5.41) is 0. The predicted octanol–water partition coefficient (Wildman–Crippen LogP) is 2.94. The fourth-order valence-corrected chi connectivity index (χ4v) is 3.04. The Morgan fingerprint density at radius 2 is 2.12 bits per heavy atom. The van der Waals surface area contributed by atoms with Crippen molar-refractivity contribution >= 4 is 23.4 Å². The van der Waals surface area contributed by atoms with Crippen LogP contribution in [0.2, 0.25) is 0 Å². The first kappa shape index (κ1) is 17.9. The molecule has 0 aliphatic carbocycles. The normalized spacial score (nSPS) is 18.4. The van der Waals surface area contributed by atoms with Gasteiger partial charge in [0, 0.05) is 24.4 Å². The number of ether oxygens (including phenoxy) is 1. The first-order valence-electron chi connectivity index (χ1n) is 8.41. The van der Waals surface area contributed by atoms with Crippen LogP contribution in [0.3, 0.4) is 0 Å². The van der Waals surface area contributed by atoms with Gasteiger partial charge in [0.25, 0.3) is 0 Å². The van der Waals surface area contributed by atoms with Crippen molar-refractivity contribution in [3.8, 4) is 11.4 Å². The third-order valence-electron chi connectivity index (χ3n) is 4.55. The van der Waals surface area contributed by atoms with Crippen molar-refractivity contribution in [1.82, 2.24) is 15.0 Å². The van der Waals surface area contributed by atoms with E-state index in [4.69, 9.17) is 20.4 Å². The number of nitrogen functional groups attached to an aromatic ring is 1. The number of anilines is 2. The van der Waals surface area contributed by atoms with E-state index in [1.807, 2.05) is 6.07 Å². The number of thioether (sulfide) groups is 1. The summed E-state index contributed by atoms with van der Waals surface area (Å²) >= 11 is 1.77. The molecule has 25 heavy (non-hydrogen) atoms. The van der Waals surface area contributed by atoms with E-state index < -0.39 is 0 Å². The number of aromatic nitrogens is 3. The van der Waals surface area contributed by atoms with Crippen LogP contribution in [0.5, 0.6) is 0 Å². The van der Waals surface area contributed by atoms with E-state index >= 15 is 0 Å². The van der Waals surface area contributed by atoms with E-state index in [2.05, 4.69) is 43.0 Å². The number of pyridine rings is 1. The zero-order valence-electron chi connectivity index (χ0n) is 15.2. The van der Waals surface area contributed by atoms with E-state index in [0.29, 0.717) is 24.9 Å². The van der Waals surface area contributed by atoms with Crippen LogP contribution in [0.1, 0.15) is 26.5 Å². The Hall–Kier alpha value is -1.86. The van der Waals surface area contributed by atoms with Crippen LogP contribution in [0.25, 0.3) is 11.4 Å². The Morgan fingerprint density at radius 3 is 2.76 bits per heavy atom. The molecule has 3 heterocycles. The minimum atomic E-state index is -0.108. The van der Waals surface area contributed by atoms with Crippen molar-refractivity contribution < 1.29 is 4.74 Å². The summed E-state index contributed by atoms with van der Waals surface area (Å²) in [6.45, 7) is 8.77. The van der Waals surface area contributed by atoms with Gasteiger partial charge in [-0.25, -0.2) is 15.0 Å². The molecule has 2 N–H and O–H groups in total. The zero-order valence-corrected chi connectivity index (χ0v) is 16.0. The summed E-state index contributed by atoms with van der Waals surface area (Å²) in [7, 11) is 0. The Bertz CT molecular complexity index is 735. The third-order valence-corrected chi connectivity index (χ3v) is 5.78. The predicted molar refractivity (Wildman–Crippen MR) is 104 cm³/mol. The minimum absolute atomic E-state index is 0.108. The first-order chi connectivity index (χ1) is 11.9. The van der Waals surface area contributed by atoms with Gasteiger partial charge in [0.05, 0.1) is 29.7 Å². The van der Waals surface area contributed by atoms with Gasteiger partial charge in [-0.3, -0.25) is 0 Å². The fraction of sp³-hybridized carbons (Fsp3) is 0.500. The van der Waals surface area contributed by atoms with Crippen molar-refractivity contribution in [3.05, 3.63) is 30.1 Å². The number of nitrogens with zero attached hydrogens (tertiary/aromatic N) is 4. The summed E-state index contributed by atoms with van der Waals surface area (Å²) in [6, 6.07) is 6.08. The standard InChI is InChI=1S/C18H25N5OS/c1-12-11-24-8-7-23(12)16-9-14(18(2,3)25-4)21-17(22-16)13-5-6-15(19)20-10-13/h5-6,9-10,12H,7-8,11H2,1-4H3,(H2,19,20)/t12-/m0/s1. The van der Waals surface area contributed by atoms with Crippen LogP contribution in [-0.4, -0.2) is 47.0 Å².